The molecule has 0 aliphatic rings. The Bertz CT molecular complexity index is 992. The van der Waals surface area contributed by atoms with Gasteiger partial charge in [-0.2, -0.15) is 0 Å². The van der Waals surface area contributed by atoms with Gasteiger partial charge in [-0.05, 0) is 36.2 Å². The number of nitrogens with one attached hydrogen (secondary N) is 1. The summed E-state index contributed by atoms with van der Waals surface area (Å²) in [4.78, 5) is 24.2. The summed E-state index contributed by atoms with van der Waals surface area (Å²) >= 11 is 5.89. The number of halogens is 1. The third-order valence-corrected chi connectivity index (χ3v) is 6.03. The highest BCUT2D eigenvalue weighted by Gasteiger charge is 2.20. The average Bonchev–Trinajstić information content (AvgIpc) is 2.65. The highest BCUT2D eigenvalue weighted by atomic mass is 35.5. The maximum absolute atomic E-state index is 12.3. The second kappa shape index (κ2) is 8.43. The first-order valence-electron chi connectivity index (χ1n) is 8.49. The Kier molecular flexibility index (Phi) is 6.64. The Morgan fingerprint density at radius 1 is 1.04 bits per heavy atom. The van der Waals surface area contributed by atoms with E-state index in [4.69, 9.17) is 16.3 Å². The van der Waals surface area contributed by atoms with E-state index in [1.165, 1.54) is 19.2 Å². The van der Waals surface area contributed by atoms with Crippen molar-refractivity contribution in [1.82, 2.24) is 4.72 Å². The summed E-state index contributed by atoms with van der Waals surface area (Å²) in [6, 6.07) is 10.8. The second-order valence-electron chi connectivity index (χ2n) is 7.18. The van der Waals surface area contributed by atoms with Crippen molar-refractivity contribution in [3.05, 3.63) is 64.2 Å². The van der Waals surface area contributed by atoms with Gasteiger partial charge in [0.2, 0.25) is 10.0 Å². The summed E-state index contributed by atoms with van der Waals surface area (Å²) in [6.07, 6.45) is 0. The van der Waals surface area contributed by atoms with Gasteiger partial charge in [0.15, 0.2) is 12.4 Å². The number of benzene rings is 2. The van der Waals surface area contributed by atoms with Gasteiger partial charge in [0, 0.05) is 5.56 Å². The number of Topliss-reactive ketones (excluding diaryl/α,β-unsaturated/α-hetero) is 1. The maximum atomic E-state index is 12.3. The molecule has 2 rings (SSSR count). The quantitative estimate of drug-likeness (QED) is 0.566. The van der Waals surface area contributed by atoms with Gasteiger partial charge in [-0.15, -0.1) is 0 Å². The Labute approximate surface area is 169 Å². The maximum Gasteiger partial charge on any atom is 0.338 e. The Hall–Kier alpha value is -2.22. The summed E-state index contributed by atoms with van der Waals surface area (Å²) in [5.41, 5.74) is 1.46. The van der Waals surface area contributed by atoms with Crippen LogP contribution in [0.5, 0.6) is 0 Å². The lowest BCUT2D eigenvalue weighted by atomic mass is 9.86. The van der Waals surface area contributed by atoms with Crippen molar-refractivity contribution in [2.24, 2.45) is 0 Å². The first-order chi connectivity index (χ1) is 13.0. The van der Waals surface area contributed by atoms with E-state index in [1.807, 2.05) is 12.1 Å². The van der Waals surface area contributed by atoms with Gasteiger partial charge < -0.3 is 4.74 Å². The van der Waals surface area contributed by atoms with E-state index in [9.17, 15) is 18.0 Å². The van der Waals surface area contributed by atoms with E-state index < -0.39 is 22.6 Å². The number of hydrogen-bond acceptors (Lipinski definition) is 5. The summed E-state index contributed by atoms with van der Waals surface area (Å²) in [6.45, 7) is 5.76. The van der Waals surface area contributed by atoms with Crippen molar-refractivity contribution in [2.75, 3.05) is 13.7 Å². The lowest BCUT2D eigenvalue weighted by molar-refractivity contribution is 0.0474. The molecule has 2 aromatic carbocycles. The van der Waals surface area contributed by atoms with Crippen LogP contribution in [0.2, 0.25) is 5.02 Å². The highest BCUT2D eigenvalue weighted by molar-refractivity contribution is 7.89. The Morgan fingerprint density at radius 3 is 2.14 bits per heavy atom. The molecule has 2 aromatic rings. The predicted molar refractivity (Wildman–Crippen MR) is 107 cm³/mol. The molecular formula is C20H22ClNO5S. The molecule has 0 spiro atoms. The third kappa shape index (κ3) is 5.19. The van der Waals surface area contributed by atoms with Crippen LogP contribution in [-0.4, -0.2) is 33.8 Å². The molecule has 1 N–H and O–H groups in total. The molecule has 0 bridgehead atoms. The largest absolute Gasteiger partial charge is 0.454 e. The van der Waals surface area contributed by atoms with Crippen LogP contribution in [-0.2, 0) is 20.2 Å². The topological polar surface area (TPSA) is 89.5 Å². The standard InChI is InChI=1S/C20H22ClNO5S/c1-20(2,3)15-8-5-13(6-9-15)17(23)12-27-19(24)14-7-10-16(21)18(11-14)28(25,26)22-4/h5-11,22H,12H2,1-4H3. The molecule has 0 amide bonds. The van der Waals surface area contributed by atoms with Gasteiger partial charge in [0.1, 0.15) is 4.90 Å². The van der Waals surface area contributed by atoms with Gasteiger partial charge in [-0.3, -0.25) is 4.79 Å². The summed E-state index contributed by atoms with van der Waals surface area (Å²) in [7, 11) is -2.60. The van der Waals surface area contributed by atoms with E-state index in [2.05, 4.69) is 25.5 Å². The highest BCUT2D eigenvalue weighted by Crippen LogP contribution is 2.24. The third-order valence-electron chi connectivity index (χ3n) is 4.13. The van der Waals surface area contributed by atoms with Crippen LogP contribution in [0.25, 0.3) is 0 Å². The minimum atomic E-state index is -3.83. The van der Waals surface area contributed by atoms with Crippen LogP contribution in [0.15, 0.2) is 47.4 Å². The van der Waals surface area contributed by atoms with E-state index in [1.54, 1.807) is 12.1 Å². The number of esters is 1. The number of ether oxygens (including phenoxy) is 1. The first kappa shape index (κ1) is 22.1. The van der Waals surface area contributed by atoms with Crippen molar-refractivity contribution in [2.45, 2.75) is 31.1 Å². The van der Waals surface area contributed by atoms with Gasteiger partial charge in [0.05, 0.1) is 10.6 Å². The molecule has 0 radical (unpaired) electrons. The molecule has 0 fully saturated rings. The van der Waals surface area contributed by atoms with Crippen molar-refractivity contribution in [3.63, 3.8) is 0 Å². The van der Waals surface area contributed by atoms with Gasteiger partial charge >= 0.3 is 5.97 Å². The molecule has 8 heteroatoms. The zero-order chi connectivity index (χ0) is 21.1. The number of carbonyl (C=O) groups is 2. The lowest BCUT2D eigenvalue weighted by Crippen LogP contribution is -2.20. The molecule has 0 unspecified atom stereocenters. The van der Waals surface area contributed by atoms with E-state index in [-0.39, 0.29) is 26.7 Å². The fourth-order valence-corrected chi connectivity index (χ4v) is 3.65. The summed E-state index contributed by atoms with van der Waals surface area (Å²) < 4.78 is 31.1. The van der Waals surface area contributed by atoms with Crippen LogP contribution in [0, 0.1) is 0 Å². The molecule has 0 saturated carbocycles. The van der Waals surface area contributed by atoms with Crippen molar-refractivity contribution >= 4 is 33.4 Å². The number of ketones is 1. The van der Waals surface area contributed by atoms with Crippen molar-refractivity contribution in [1.29, 1.82) is 0 Å². The minimum Gasteiger partial charge on any atom is -0.454 e. The summed E-state index contributed by atoms with van der Waals surface area (Å²) in [5.74, 6) is -1.17. The van der Waals surface area contributed by atoms with Crippen molar-refractivity contribution in [3.8, 4) is 0 Å². The average molecular weight is 424 g/mol. The number of hydrogen-bond donors (Lipinski definition) is 1. The molecule has 6 nitrogen and oxygen atoms in total. The second-order valence-corrected chi connectivity index (χ2v) is 9.44. The lowest BCUT2D eigenvalue weighted by Gasteiger charge is -2.18. The monoisotopic (exact) mass is 423 g/mol. The fraction of sp³-hybridized carbons (Fsp3) is 0.300. The fourth-order valence-electron chi connectivity index (χ4n) is 2.40. The molecular weight excluding hydrogens is 402 g/mol. The minimum absolute atomic E-state index is 0.0193. The zero-order valence-electron chi connectivity index (χ0n) is 16.1. The van der Waals surface area contributed by atoms with Crippen LogP contribution >= 0.6 is 11.6 Å². The Balaban J connectivity index is 2.10. The predicted octanol–water partition coefficient (Wildman–Crippen LogP) is 3.59. The van der Waals surface area contributed by atoms with Crippen LogP contribution in [0.4, 0.5) is 0 Å². The molecule has 0 aliphatic carbocycles. The van der Waals surface area contributed by atoms with E-state index in [0.717, 1.165) is 11.6 Å². The number of rotatable bonds is 6. The van der Waals surface area contributed by atoms with Crippen molar-refractivity contribution < 1.29 is 22.7 Å². The zero-order valence-corrected chi connectivity index (χ0v) is 17.6. The molecule has 150 valence electrons. The Morgan fingerprint density at radius 2 is 1.61 bits per heavy atom. The number of sulfonamides is 1. The normalized spacial score (nSPS) is 11.9. The molecule has 0 saturated heterocycles. The smallest absolute Gasteiger partial charge is 0.338 e. The SMILES string of the molecule is CNS(=O)(=O)c1cc(C(=O)OCC(=O)c2ccc(C(C)(C)C)cc2)ccc1Cl. The van der Waals surface area contributed by atoms with E-state index in [0.29, 0.717) is 5.56 Å². The van der Waals surface area contributed by atoms with E-state index >= 15 is 0 Å². The van der Waals surface area contributed by atoms with Crippen LogP contribution < -0.4 is 4.72 Å². The van der Waals surface area contributed by atoms with Gasteiger partial charge in [-0.1, -0.05) is 56.6 Å². The van der Waals surface area contributed by atoms with Gasteiger partial charge in [0.25, 0.3) is 0 Å². The summed E-state index contributed by atoms with van der Waals surface area (Å²) in [5, 5.41) is -0.0269. The molecule has 0 heterocycles. The van der Waals surface area contributed by atoms with Crippen LogP contribution in [0.3, 0.4) is 0 Å². The number of carbonyl (C=O) groups excluding carboxylic acids is 2. The molecule has 28 heavy (non-hydrogen) atoms. The molecule has 0 aromatic heterocycles. The first-order valence-corrected chi connectivity index (χ1v) is 10.4. The van der Waals surface area contributed by atoms with Gasteiger partial charge in [-0.25, -0.2) is 17.9 Å². The molecule has 0 atom stereocenters. The van der Waals surface area contributed by atoms with Crippen LogP contribution in [0.1, 0.15) is 47.1 Å². The molecule has 0 aliphatic heterocycles.